The summed E-state index contributed by atoms with van der Waals surface area (Å²) in [6.45, 7) is 9.44. The molecule has 1 nitrogen and oxygen atoms in total. The zero-order chi connectivity index (χ0) is 7.56. The van der Waals surface area contributed by atoms with Crippen LogP contribution in [-0.4, -0.2) is 35.0 Å². The van der Waals surface area contributed by atoms with Gasteiger partial charge in [0, 0.05) is 30.1 Å². The van der Waals surface area contributed by atoms with Crippen LogP contribution in [0.3, 0.4) is 0 Å². The quantitative estimate of drug-likeness (QED) is 0.574. The molecular formula is C8H17NS. The van der Waals surface area contributed by atoms with E-state index in [1.165, 1.54) is 18.8 Å². The van der Waals surface area contributed by atoms with Crippen LogP contribution in [0.5, 0.6) is 0 Å². The Balaban J connectivity index is 2.32. The number of thioether (sulfide) groups is 1. The molecule has 10 heavy (non-hydrogen) atoms. The zero-order valence-corrected chi connectivity index (χ0v) is 7.95. The third-order valence-corrected chi connectivity index (χ3v) is 3.14. The molecule has 0 unspecified atom stereocenters. The van der Waals surface area contributed by atoms with E-state index in [1.54, 1.807) is 0 Å². The van der Waals surface area contributed by atoms with E-state index in [0.717, 1.165) is 11.3 Å². The minimum atomic E-state index is 0.739. The highest BCUT2D eigenvalue weighted by Crippen LogP contribution is 2.18. The van der Waals surface area contributed by atoms with Gasteiger partial charge in [0.25, 0.3) is 0 Å². The summed E-state index contributed by atoms with van der Waals surface area (Å²) in [5, 5.41) is 0.844. The maximum absolute atomic E-state index is 2.56. The molecule has 0 aliphatic carbocycles. The molecule has 1 aliphatic rings. The highest BCUT2D eigenvalue weighted by Gasteiger charge is 2.17. The molecule has 0 spiro atoms. The fourth-order valence-corrected chi connectivity index (χ4v) is 2.35. The monoisotopic (exact) mass is 159 g/mol. The summed E-state index contributed by atoms with van der Waals surface area (Å²) in [5.41, 5.74) is 0. The summed E-state index contributed by atoms with van der Waals surface area (Å²) in [6.07, 6.45) is 0. The average molecular weight is 159 g/mol. The molecule has 1 atom stereocenters. The Bertz CT molecular complexity index is 103. The third kappa shape index (κ3) is 2.17. The Morgan fingerprint density at radius 3 is 2.60 bits per heavy atom. The molecule has 0 amide bonds. The largest absolute Gasteiger partial charge is 0.299 e. The highest BCUT2D eigenvalue weighted by molar-refractivity contribution is 7.99. The first-order valence-electron chi connectivity index (χ1n) is 4.06. The lowest BCUT2D eigenvalue weighted by Gasteiger charge is -2.33. The van der Waals surface area contributed by atoms with Gasteiger partial charge in [-0.05, 0) is 13.8 Å². The predicted octanol–water partition coefficient (Wildman–Crippen LogP) is 1.83. The topological polar surface area (TPSA) is 3.24 Å². The fourth-order valence-electron chi connectivity index (χ4n) is 1.31. The minimum Gasteiger partial charge on any atom is -0.299 e. The molecule has 0 aromatic rings. The van der Waals surface area contributed by atoms with Gasteiger partial charge in [0.1, 0.15) is 0 Å². The van der Waals surface area contributed by atoms with Crippen molar-refractivity contribution in [1.29, 1.82) is 0 Å². The molecular weight excluding hydrogens is 142 g/mol. The Morgan fingerprint density at radius 2 is 2.20 bits per heavy atom. The van der Waals surface area contributed by atoms with E-state index in [9.17, 15) is 0 Å². The van der Waals surface area contributed by atoms with Crippen LogP contribution in [0.2, 0.25) is 0 Å². The minimum absolute atomic E-state index is 0.739. The van der Waals surface area contributed by atoms with Crippen LogP contribution < -0.4 is 0 Å². The number of hydrogen-bond acceptors (Lipinski definition) is 2. The van der Waals surface area contributed by atoms with Crippen molar-refractivity contribution in [3.05, 3.63) is 0 Å². The second-order valence-electron chi connectivity index (χ2n) is 3.27. The summed E-state index contributed by atoms with van der Waals surface area (Å²) < 4.78 is 0. The van der Waals surface area contributed by atoms with Gasteiger partial charge in [-0.1, -0.05) is 6.92 Å². The van der Waals surface area contributed by atoms with E-state index in [4.69, 9.17) is 0 Å². The molecule has 0 bridgehead atoms. The molecule has 0 aromatic carbocycles. The maximum Gasteiger partial charge on any atom is 0.0147 e. The van der Waals surface area contributed by atoms with Gasteiger partial charge in [-0.15, -0.1) is 0 Å². The molecule has 1 aliphatic heterocycles. The lowest BCUT2D eigenvalue weighted by atomic mass is 10.3. The Morgan fingerprint density at radius 1 is 1.50 bits per heavy atom. The fraction of sp³-hybridized carbons (Fsp3) is 1.00. The van der Waals surface area contributed by atoms with Crippen LogP contribution in [0.4, 0.5) is 0 Å². The van der Waals surface area contributed by atoms with Gasteiger partial charge >= 0.3 is 0 Å². The van der Waals surface area contributed by atoms with Crippen LogP contribution in [0.1, 0.15) is 20.8 Å². The molecule has 2 heteroatoms. The lowest BCUT2D eigenvalue weighted by Crippen LogP contribution is -2.40. The van der Waals surface area contributed by atoms with Crippen molar-refractivity contribution in [3.63, 3.8) is 0 Å². The smallest absolute Gasteiger partial charge is 0.0147 e. The third-order valence-electron chi connectivity index (χ3n) is 2.00. The van der Waals surface area contributed by atoms with Crippen molar-refractivity contribution < 1.29 is 0 Å². The molecule has 1 rings (SSSR count). The van der Waals surface area contributed by atoms with E-state index >= 15 is 0 Å². The number of nitrogens with zero attached hydrogens (tertiary/aromatic N) is 1. The van der Waals surface area contributed by atoms with Gasteiger partial charge in [-0.2, -0.15) is 11.8 Å². The van der Waals surface area contributed by atoms with E-state index in [0.29, 0.717) is 0 Å². The Labute approximate surface area is 68.2 Å². The second-order valence-corrected chi connectivity index (χ2v) is 4.82. The summed E-state index contributed by atoms with van der Waals surface area (Å²) in [6, 6.07) is 0.739. The number of hydrogen-bond donors (Lipinski definition) is 0. The standard InChI is InChI=1S/C8H17NS/c1-7(2)9-4-5-10-8(3)6-9/h7-8H,4-6H2,1-3H3/t8-/m1/s1. The molecule has 0 aromatic heterocycles. The van der Waals surface area contributed by atoms with Gasteiger partial charge in [0.15, 0.2) is 0 Å². The van der Waals surface area contributed by atoms with Crippen LogP contribution in [-0.2, 0) is 0 Å². The average Bonchev–Trinajstić information content (AvgIpc) is 1.88. The van der Waals surface area contributed by atoms with Crippen LogP contribution in [0.15, 0.2) is 0 Å². The maximum atomic E-state index is 2.56. The van der Waals surface area contributed by atoms with Gasteiger partial charge in [0.05, 0.1) is 0 Å². The lowest BCUT2D eigenvalue weighted by molar-refractivity contribution is 0.232. The van der Waals surface area contributed by atoms with Crippen LogP contribution in [0.25, 0.3) is 0 Å². The predicted molar refractivity (Wildman–Crippen MR) is 48.6 cm³/mol. The molecule has 0 radical (unpaired) electrons. The normalized spacial score (nSPS) is 29.4. The van der Waals surface area contributed by atoms with Crippen LogP contribution >= 0.6 is 11.8 Å². The van der Waals surface area contributed by atoms with Crippen molar-refractivity contribution in [1.82, 2.24) is 4.90 Å². The van der Waals surface area contributed by atoms with Crippen molar-refractivity contribution in [2.45, 2.75) is 32.1 Å². The van der Waals surface area contributed by atoms with E-state index in [-0.39, 0.29) is 0 Å². The summed E-state index contributed by atoms with van der Waals surface area (Å²) in [5.74, 6) is 1.32. The van der Waals surface area contributed by atoms with Crippen molar-refractivity contribution in [3.8, 4) is 0 Å². The van der Waals surface area contributed by atoms with Crippen molar-refractivity contribution in [2.75, 3.05) is 18.8 Å². The Hall–Kier alpha value is 0.310. The second kappa shape index (κ2) is 3.63. The molecule has 0 N–H and O–H groups in total. The Kier molecular flexibility index (Phi) is 3.05. The van der Waals surface area contributed by atoms with Gasteiger partial charge in [-0.25, -0.2) is 0 Å². The van der Waals surface area contributed by atoms with Gasteiger partial charge < -0.3 is 0 Å². The molecule has 0 saturated carbocycles. The first-order valence-corrected chi connectivity index (χ1v) is 5.10. The molecule has 1 heterocycles. The van der Waals surface area contributed by atoms with Crippen LogP contribution in [0, 0.1) is 0 Å². The SMILES string of the molecule is CC(C)N1CCS[C@H](C)C1. The zero-order valence-electron chi connectivity index (χ0n) is 7.13. The van der Waals surface area contributed by atoms with Gasteiger partial charge in [-0.3, -0.25) is 4.90 Å². The molecule has 1 saturated heterocycles. The van der Waals surface area contributed by atoms with E-state index in [1.807, 2.05) is 0 Å². The van der Waals surface area contributed by atoms with Crippen molar-refractivity contribution >= 4 is 11.8 Å². The van der Waals surface area contributed by atoms with Crippen molar-refractivity contribution in [2.24, 2.45) is 0 Å². The first kappa shape index (κ1) is 8.41. The van der Waals surface area contributed by atoms with E-state index < -0.39 is 0 Å². The summed E-state index contributed by atoms with van der Waals surface area (Å²) in [4.78, 5) is 2.56. The number of rotatable bonds is 1. The first-order chi connectivity index (χ1) is 4.70. The summed E-state index contributed by atoms with van der Waals surface area (Å²) >= 11 is 2.10. The van der Waals surface area contributed by atoms with E-state index in [2.05, 4.69) is 37.4 Å². The highest BCUT2D eigenvalue weighted by atomic mass is 32.2. The molecule has 60 valence electrons. The summed E-state index contributed by atoms with van der Waals surface area (Å²) in [7, 11) is 0. The molecule has 1 fully saturated rings. The van der Waals surface area contributed by atoms with Gasteiger partial charge in [0.2, 0.25) is 0 Å².